The Kier molecular flexibility index (Phi) is 6.27. The lowest BCUT2D eigenvalue weighted by Gasteiger charge is -2.30. The Morgan fingerprint density at radius 3 is 2.71 bits per heavy atom. The van der Waals surface area contributed by atoms with Gasteiger partial charge in [-0.25, -0.2) is 0 Å². The summed E-state index contributed by atoms with van der Waals surface area (Å²) < 4.78 is 11.3. The second-order valence-corrected chi connectivity index (χ2v) is 6.53. The van der Waals surface area contributed by atoms with Gasteiger partial charge in [0.1, 0.15) is 11.5 Å². The van der Waals surface area contributed by atoms with Gasteiger partial charge in [0.05, 0.1) is 12.6 Å². The predicted octanol–water partition coefficient (Wildman–Crippen LogP) is 2.94. The number of ether oxygens (including phenoxy) is 1. The topological polar surface area (TPSA) is 37.6 Å². The lowest BCUT2D eigenvalue weighted by Crippen LogP contribution is -2.36. The molecule has 2 heterocycles. The molecule has 0 unspecified atom stereocenters. The molecule has 4 heteroatoms. The molecular formula is C17H30N2O2. The molecule has 1 N–H and O–H groups in total. The molecule has 0 radical (unpaired) electrons. The summed E-state index contributed by atoms with van der Waals surface area (Å²) in [7, 11) is 1.81. The second-order valence-electron chi connectivity index (χ2n) is 6.53. The number of furan rings is 1. The molecule has 1 aromatic heterocycles. The quantitative estimate of drug-likeness (QED) is 0.839. The number of hydrogen-bond donors (Lipinski definition) is 1. The van der Waals surface area contributed by atoms with Crippen LogP contribution in [0.25, 0.3) is 0 Å². The van der Waals surface area contributed by atoms with Crippen LogP contribution in [0.3, 0.4) is 0 Å². The molecule has 1 aliphatic rings. The van der Waals surface area contributed by atoms with E-state index in [0.717, 1.165) is 57.1 Å². The second kappa shape index (κ2) is 7.97. The van der Waals surface area contributed by atoms with Crippen molar-refractivity contribution >= 4 is 0 Å². The highest BCUT2D eigenvalue weighted by atomic mass is 16.5. The van der Waals surface area contributed by atoms with E-state index in [2.05, 4.69) is 37.1 Å². The number of aryl methyl sites for hydroxylation is 1. The van der Waals surface area contributed by atoms with Crippen molar-refractivity contribution in [2.75, 3.05) is 26.7 Å². The fourth-order valence-electron chi connectivity index (χ4n) is 2.86. The lowest BCUT2D eigenvalue weighted by molar-refractivity contribution is 0.0369. The summed E-state index contributed by atoms with van der Waals surface area (Å²) in [4.78, 5) is 2.46. The van der Waals surface area contributed by atoms with Crippen molar-refractivity contribution in [3.8, 4) is 0 Å². The molecule has 120 valence electrons. The van der Waals surface area contributed by atoms with Gasteiger partial charge < -0.3 is 14.5 Å². The average molecular weight is 294 g/mol. The third-order valence-electron chi connectivity index (χ3n) is 4.19. The van der Waals surface area contributed by atoms with Gasteiger partial charge in [-0.2, -0.15) is 0 Å². The number of nitrogens with one attached hydrogen (secondary N) is 1. The van der Waals surface area contributed by atoms with Crippen molar-refractivity contribution in [3.63, 3.8) is 0 Å². The van der Waals surface area contributed by atoms with Crippen molar-refractivity contribution < 1.29 is 9.15 Å². The summed E-state index contributed by atoms with van der Waals surface area (Å²) in [5.41, 5.74) is 1.29. The molecule has 21 heavy (non-hydrogen) atoms. The third-order valence-corrected chi connectivity index (χ3v) is 4.19. The number of likely N-dealkylation sites (tertiary alicyclic amines) is 1. The largest absolute Gasteiger partial charge is 0.465 e. The van der Waals surface area contributed by atoms with Crippen LogP contribution >= 0.6 is 0 Å². The molecule has 1 aliphatic heterocycles. The SMILES string of the molecule is COC1CCN(Cc2cc(CNCC(C)C)c(C)o2)CC1. The summed E-state index contributed by atoms with van der Waals surface area (Å²) in [6.45, 7) is 11.6. The van der Waals surface area contributed by atoms with E-state index < -0.39 is 0 Å². The molecule has 1 saturated heterocycles. The van der Waals surface area contributed by atoms with Crippen molar-refractivity contribution in [1.82, 2.24) is 10.2 Å². The zero-order valence-electron chi connectivity index (χ0n) is 13.9. The average Bonchev–Trinajstić information content (AvgIpc) is 2.79. The molecule has 0 bridgehead atoms. The number of piperidine rings is 1. The molecule has 0 amide bonds. The minimum atomic E-state index is 0.440. The first-order valence-corrected chi connectivity index (χ1v) is 8.12. The van der Waals surface area contributed by atoms with Gasteiger partial charge in [-0.3, -0.25) is 4.90 Å². The Balaban J connectivity index is 1.81. The van der Waals surface area contributed by atoms with Gasteiger partial charge in [0, 0.05) is 32.3 Å². The van der Waals surface area contributed by atoms with E-state index >= 15 is 0 Å². The Labute approximate surface area is 128 Å². The molecule has 0 aliphatic carbocycles. The monoisotopic (exact) mass is 294 g/mol. The molecule has 4 nitrogen and oxygen atoms in total. The third kappa shape index (κ3) is 5.13. The van der Waals surface area contributed by atoms with Crippen LogP contribution in [0, 0.1) is 12.8 Å². The van der Waals surface area contributed by atoms with Crippen LogP contribution in [0.2, 0.25) is 0 Å². The van der Waals surface area contributed by atoms with Crippen molar-refractivity contribution in [2.24, 2.45) is 5.92 Å². The van der Waals surface area contributed by atoms with Gasteiger partial charge in [-0.15, -0.1) is 0 Å². The molecule has 1 aromatic rings. The predicted molar refractivity (Wildman–Crippen MR) is 85.3 cm³/mol. The van der Waals surface area contributed by atoms with Crippen LogP contribution < -0.4 is 5.32 Å². The highest BCUT2D eigenvalue weighted by Crippen LogP contribution is 2.19. The lowest BCUT2D eigenvalue weighted by atomic mass is 10.1. The van der Waals surface area contributed by atoms with E-state index in [4.69, 9.17) is 9.15 Å². The summed E-state index contributed by atoms with van der Waals surface area (Å²) in [6, 6.07) is 2.21. The van der Waals surface area contributed by atoms with E-state index in [9.17, 15) is 0 Å². The maximum atomic E-state index is 5.92. The van der Waals surface area contributed by atoms with Crippen molar-refractivity contribution in [1.29, 1.82) is 0 Å². The van der Waals surface area contributed by atoms with E-state index in [1.54, 1.807) is 0 Å². The van der Waals surface area contributed by atoms with E-state index in [0.29, 0.717) is 12.0 Å². The van der Waals surface area contributed by atoms with Crippen LogP contribution in [-0.4, -0.2) is 37.7 Å². The molecule has 0 atom stereocenters. The molecule has 1 fully saturated rings. The number of nitrogens with zero attached hydrogens (tertiary/aromatic N) is 1. The maximum absolute atomic E-state index is 5.92. The Morgan fingerprint density at radius 2 is 2.10 bits per heavy atom. The normalized spacial score (nSPS) is 17.8. The molecule has 2 rings (SSSR count). The number of methoxy groups -OCH3 is 1. The number of hydrogen-bond acceptors (Lipinski definition) is 4. The molecule has 0 spiro atoms. The summed E-state index contributed by atoms with van der Waals surface area (Å²) in [5.74, 6) is 2.82. The maximum Gasteiger partial charge on any atom is 0.118 e. The van der Waals surface area contributed by atoms with Gasteiger partial charge in [-0.1, -0.05) is 13.8 Å². The zero-order chi connectivity index (χ0) is 15.2. The Bertz CT molecular complexity index is 420. The Hall–Kier alpha value is -0.840. The summed E-state index contributed by atoms with van der Waals surface area (Å²) >= 11 is 0. The standard InChI is InChI=1S/C17H30N2O2/c1-13(2)10-18-11-15-9-17(21-14(15)3)12-19-7-5-16(20-4)6-8-19/h9,13,16,18H,5-8,10-12H2,1-4H3. The van der Waals surface area contributed by atoms with Crippen molar-refractivity contribution in [2.45, 2.75) is 52.8 Å². The zero-order valence-corrected chi connectivity index (χ0v) is 13.9. The molecule has 0 saturated carbocycles. The van der Waals surface area contributed by atoms with E-state index in [1.165, 1.54) is 5.56 Å². The smallest absolute Gasteiger partial charge is 0.118 e. The fraction of sp³-hybridized carbons (Fsp3) is 0.765. The van der Waals surface area contributed by atoms with E-state index in [-0.39, 0.29) is 0 Å². The van der Waals surface area contributed by atoms with Crippen LogP contribution in [0.4, 0.5) is 0 Å². The first-order valence-electron chi connectivity index (χ1n) is 8.12. The summed E-state index contributed by atoms with van der Waals surface area (Å²) in [6.07, 6.45) is 2.69. The summed E-state index contributed by atoms with van der Waals surface area (Å²) in [5, 5.41) is 3.48. The highest BCUT2D eigenvalue weighted by Gasteiger charge is 2.20. The molecular weight excluding hydrogens is 264 g/mol. The van der Waals surface area contributed by atoms with Gasteiger partial charge in [0.25, 0.3) is 0 Å². The first-order chi connectivity index (χ1) is 10.1. The number of rotatable bonds is 7. The minimum Gasteiger partial charge on any atom is -0.465 e. The van der Waals surface area contributed by atoms with Crippen LogP contribution in [0.5, 0.6) is 0 Å². The van der Waals surface area contributed by atoms with E-state index in [1.807, 2.05) is 7.11 Å². The fourth-order valence-corrected chi connectivity index (χ4v) is 2.86. The van der Waals surface area contributed by atoms with Gasteiger partial charge in [-0.05, 0) is 38.3 Å². The highest BCUT2D eigenvalue weighted by molar-refractivity contribution is 5.20. The van der Waals surface area contributed by atoms with Crippen molar-refractivity contribution in [3.05, 3.63) is 23.2 Å². The minimum absolute atomic E-state index is 0.440. The van der Waals surface area contributed by atoms with Gasteiger partial charge in [0.15, 0.2) is 0 Å². The van der Waals surface area contributed by atoms with Crippen LogP contribution in [0.15, 0.2) is 10.5 Å². The van der Waals surface area contributed by atoms with Gasteiger partial charge >= 0.3 is 0 Å². The first kappa shape index (κ1) is 16.5. The van der Waals surface area contributed by atoms with Gasteiger partial charge in [0.2, 0.25) is 0 Å². The van der Waals surface area contributed by atoms with Crippen LogP contribution in [-0.2, 0) is 17.8 Å². The Morgan fingerprint density at radius 1 is 1.38 bits per heavy atom. The van der Waals surface area contributed by atoms with Crippen LogP contribution in [0.1, 0.15) is 43.8 Å². The molecule has 0 aromatic carbocycles.